The first-order valence-corrected chi connectivity index (χ1v) is 8.46. The van der Waals surface area contributed by atoms with Crippen molar-refractivity contribution in [1.29, 1.82) is 0 Å². The molecule has 2 aromatic carbocycles. The largest absolute Gasteiger partial charge is 0.496 e. The Bertz CT molecular complexity index is 672. The molecule has 5 heteroatoms. The summed E-state index contributed by atoms with van der Waals surface area (Å²) in [5.41, 5.74) is 1.41. The molecular weight excluding hydrogens is 355 g/mol. The summed E-state index contributed by atoms with van der Waals surface area (Å²) in [5, 5.41) is 5.96. The van der Waals surface area contributed by atoms with Gasteiger partial charge in [0.1, 0.15) is 5.75 Å². The Morgan fingerprint density at radius 2 is 1.80 bits per heavy atom. The number of benzene rings is 2. The first kappa shape index (κ1) is 21.8. The van der Waals surface area contributed by atoms with Crippen molar-refractivity contribution in [3.05, 3.63) is 54.6 Å². The van der Waals surface area contributed by atoms with E-state index in [1.807, 2.05) is 6.08 Å². The summed E-state index contributed by atoms with van der Waals surface area (Å²) in [6.45, 7) is 8.25. The van der Waals surface area contributed by atoms with Crippen molar-refractivity contribution in [2.75, 3.05) is 33.3 Å². The first-order chi connectivity index (χ1) is 11.3. The van der Waals surface area contributed by atoms with Crippen molar-refractivity contribution >= 4 is 35.6 Å². The molecule has 1 aliphatic heterocycles. The van der Waals surface area contributed by atoms with Crippen molar-refractivity contribution in [2.24, 2.45) is 0 Å². The van der Waals surface area contributed by atoms with Crippen molar-refractivity contribution in [3.63, 3.8) is 0 Å². The highest BCUT2D eigenvalue weighted by molar-refractivity contribution is 5.91. The summed E-state index contributed by atoms with van der Waals surface area (Å²) in [6, 6.07) is 13.4. The summed E-state index contributed by atoms with van der Waals surface area (Å²) in [7, 11) is 1.74. The summed E-state index contributed by atoms with van der Waals surface area (Å²) in [4.78, 5) is 2.61. The van der Waals surface area contributed by atoms with Crippen molar-refractivity contribution in [2.45, 2.75) is 18.9 Å². The molecule has 0 amide bonds. The van der Waals surface area contributed by atoms with Crippen LogP contribution < -0.4 is 10.1 Å². The van der Waals surface area contributed by atoms with Gasteiger partial charge < -0.3 is 10.1 Å². The highest BCUT2D eigenvalue weighted by Crippen LogP contribution is 2.36. The molecule has 25 heavy (non-hydrogen) atoms. The van der Waals surface area contributed by atoms with Crippen LogP contribution in [0.3, 0.4) is 0 Å². The summed E-state index contributed by atoms with van der Waals surface area (Å²) >= 11 is 0. The SMILES string of the molecule is C=CCC[C@@H](c1ccc(OC)c2ccccc12)N1CCNCC1.Cl.Cl. The van der Waals surface area contributed by atoms with Crippen LogP contribution in [0.4, 0.5) is 0 Å². The maximum absolute atomic E-state index is 5.55. The third-order valence-electron chi connectivity index (χ3n) is 4.73. The van der Waals surface area contributed by atoms with E-state index in [2.05, 4.69) is 53.2 Å². The van der Waals surface area contributed by atoms with Gasteiger partial charge in [-0.3, -0.25) is 4.90 Å². The van der Waals surface area contributed by atoms with E-state index in [0.717, 1.165) is 44.8 Å². The van der Waals surface area contributed by atoms with E-state index in [0.29, 0.717) is 6.04 Å². The zero-order valence-electron chi connectivity index (χ0n) is 14.7. The lowest BCUT2D eigenvalue weighted by Crippen LogP contribution is -2.45. The molecule has 138 valence electrons. The van der Waals surface area contributed by atoms with Gasteiger partial charge in [-0.25, -0.2) is 0 Å². The molecule has 0 unspecified atom stereocenters. The Kier molecular flexibility index (Phi) is 9.30. The predicted molar refractivity (Wildman–Crippen MR) is 112 cm³/mol. The third kappa shape index (κ3) is 4.89. The lowest BCUT2D eigenvalue weighted by molar-refractivity contribution is 0.167. The van der Waals surface area contributed by atoms with Crippen molar-refractivity contribution < 1.29 is 4.74 Å². The minimum absolute atomic E-state index is 0. The van der Waals surface area contributed by atoms with Crippen LogP contribution in [0.25, 0.3) is 10.8 Å². The van der Waals surface area contributed by atoms with Crippen LogP contribution in [0.15, 0.2) is 49.1 Å². The molecule has 1 heterocycles. The van der Waals surface area contributed by atoms with Crippen LogP contribution in [0.1, 0.15) is 24.4 Å². The summed E-state index contributed by atoms with van der Waals surface area (Å²) in [6.07, 6.45) is 4.18. The molecule has 1 fully saturated rings. The number of nitrogens with one attached hydrogen (secondary N) is 1. The standard InChI is InChI=1S/C20H26N2O.2ClH/c1-3-4-9-19(22-14-12-21-13-15-22)17-10-11-20(23-2)18-8-6-5-7-16(17)18;;/h3,5-8,10-11,19,21H,1,4,9,12-15H2,2H3;2*1H/t19-;;/m0../s1. The molecule has 1 saturated heterocycles. The fraction of sp³-hybridized carbons (Fsp3) is 0.400. The van der Waals surface area contributed by atoms with Gasteiger partial charge in [0.25, 0.3) is 0 Å². The van der Waals surface area contributed by atoms with E-state index < -0.39 is 0 Å². The average Bonchev–Trinajstić information content (AvgIpc) is 2.63. The van der Waals surface area contributed by atoms with Gasteiger partial charge in [-0.05, 0) is 29.9 Å². The molecule has 1 N–H and O–H groups in total. The molecule has 1 atom stereocenters. The predicted octanol–water partition coefficient (Wildman–Crippen LogP) is 4.60. The molecule has 0 radical (unpaired) electrons. The fourth-order valence-electron chi connectivity index (χ4n) is 3.57. The molecular formula is C20H28Cl2N2O. The Labute approximate surface area is 163 Å². The van der Waals surface area contributed by atoms with Crippen LogP contribution in [-0.2, 0) is 0 Å². The highest BCUT2D eigenvalue weighted by atomic mass is 35.5. The van der Waals surface area contributed by atoms with Crippen LogP contribution in [-0.4, -0.2) is 38.2 Å². The molecule has 0 spiro atoms. The van der Waals surface area contributed by atoms with Gasteiger partial charge in [-0.1, -0.05) is 36.4 Å². The lowest BCUT2D eigenvalue weighted by atomic mass is 9.93. The number of methoxy groups -OCH3 is 1. The van der Waals surface area contributed by atoms with Gasteiger partial charge in [0.15, 0.2) is 0 Å². The van der Waals surface area contributed by atoms with Crippen LogP contribution in [0, 0.1) is 0 Å². The second-order valence-corrected chi connectivity index (χ2v) is 6.07. The van der Waals surface area contributed by atoms with E-state index in [1.165, 1.54) is 16.3 Å². The van der Waals surface area contributed by atoms with Gasteiger partial charge in [0, 0.05) is 37.6 Å². The zero-order valence-corrected chi connectivity index (χ0v) is 16.4. The van der Waals surface area contributed by atoms with Gasteiger partial charge in [0.05, 0.1) is 7.11 Å². The van der Waals surface area contributed by atoms with Gasteiger partial charge in [-0.2, -0.15) is 0 Å². The number of nitrogens with zero attached hydrogens (tertiary/aromatic N) is 1. The molecule has 0 bridgehead atoms. The Morgan fingerprint density at radius 1 is 1.12 bits per heavy atom. The topological polar surface area (TPSA) is 24.5 Å². The number of ether oxygens (including phenoxy) is 1. The minimum atomic E-state index is 0. The Balaban J connectivity index is 0.00000156. The smallest absolute Gasteiger partial charge is 0.126 e. The third-order valence-corrected chi connectivity index (χ3v) is 4.73. The summed E-state index contributed by atoms with van der Waals surface area (Å²) in [5.74, 6) is 0.951. The van der Waals surface area contributed by atoms with Crippen LogP contribution >= 0.6 is 24.8 Å². The van der Waals surface area contributed by atoms with Gasteiger partial charge in [0.2, 0.25) is 0 Å². The number of fused-ring (bicyclic) bond motifs is 1. The van der Waals surface area contributed by atoms with E-state index in [9.17, 15) is 0 Å². The molecule has 0 aliphatic carbocycles. The highest BCUT2D eigenvalue weighted by Gasteiger charge is 2.23. The van der Waals surface area contributed by atoms with Crippen LogP contribution in [0.5, 0.6) is 5.75 Å². The van der Waals surface area contributed by atoms with Crippen molar-refractivity contribution in [3.8, 4) is 5.75 Å². The molecule has 0 aromatic heterocycles. The molecule has 3 rings (SSSR count). The van der Waals surface area contributed by atoms with Crippen molar-refractivity contribution in [1.82, 2.24) is 10.2 Å². The average molecular weight is 383 g/mol. The second-order valence-electron chi connectivity index (χ2n) is 6.07. The zero-order chi connectivity index (χ0) is 16.1. The normalized spacial score (nSPS) is 15.7. The lowest BCUT2D eigenvalue weighted by Gasteiger charge is -2.36. The minimum Gasteiger partial charge on any atom is -0.496 e. The number of rotatable bonds is 6. The molecule has 0 saturated carbocycles. The second kappa shape index (κ2) is 10.7. The van der Waals surface area contributed by atoms with Gasteiger partial charge in [-0.15, -0.1) is 31.4 Å². The molecule has 3 nitrogen and oxygen atoms in total. The maximum Gasteiger partial charge on any atom is 0.126 e. The number of hydrogen-bond donors (Lipinski definition) is 1. The number of halogens is 2. The van der Waals surface area contributed by atoms with Crippen LogP contribution in [0.2, 0.25) is 0 Å². The van der Waals surface area contributed by atoms with E-state index in [1.54, 1.807) is 7.11 Å². The number of hydrogen-bond acceptors (Lipinski definition) is 3. The number of piperazine rings is 1. The first-order valence-electron chi connectivity index (χ1n) is 8.46. The summed E-state index contributed by atoms with van der Waals surface area (Å²) < 4.78 is 5.55. The quantitative estimate of drug-likeness (QED) is 0.738. The Morgan fingerprint density at radius 3 is 2.44 bits per heavy atom. The van der Waals surface area contributed by atoms with E-state index in [4.69, 9.17) is 4.74 Å². The fourth-order valence-corrected chi connectivity index (χ4v) is 3.57. The molecule has 2 aromatic rings. The van der Waals surface area contributed by atoms with E-state index >= 15 is 0 Å². The Hall–Kier alpha value is -1.26. The maximum atomic E-state index is 5.55. The van der Waals surface area contributed by atoms with Gasteiger partial charge >= 0.3 is 0 Å². The monoisotopic (exact) mass is 382 g/mol. The number of allylic oxidation sites excluding steroid dienone is 1. The van der Waals surface area contributed by atoms with E-state index in [-0.39, 0.29) is 24.8 Å². The molecule has 1 aliphatic rings.